The van der Waals surface area contributed by atoms with Crippen molar-refractivity contribution in [2.75, 3.05) is 6.54 Å². The fraction of sp³-hybridized carbons (Fsp3) is 0.636. The lowest BCUT2D eigenvalue weighted by Crippen LogP contribution is -2.35. The highest BCUT2D eigenvalue weighted by atomic mass is 35.5. The van der Waals surface area contributed by atoms with Crippen LogP contribution in [0.5, 0.6) is 0 Å². The Bertz CT molecular complexity index is 302. The summed E-state index contributed by atoms with van der Waals surface area (Å²) in [6, 6.07) is 4.19. The van der Waals surface area contributed by atoms with E-state index in [9.17, 15) is 0 Å². The maximum Gasteiger partial charge on any atom is 0.0931 e. The molecule has 2 rings (SSSR count). The van der Waals surface area contributed by atoms with Crippen molar-refractivity contribution >= 4 is 22.9 Å². The quantitative estimate of drug-likeness (QED) is 0.832. The largest absolute Gasteiger partial charge is 0.307 e. The second-order valence-corrected chi connectivity index (χ2v) is 5.68. The standard InChI is InChI=1S/C11H16ClNS/c1-2-6-11(7-3-8-13-11)9-4-5-10(12)14-9/h4-5,13H,2-3,6-8H2,1H3. The summed E-state index contributed by atoms with van der Waals surface area (Å²) >= 11 is 7.72. The summed E-state index contributed by atoms with van der Waals surface area (Å²) in [6.07, 6.45) is 5.00. The Balaban J connectivity index is 2.26. The van der Waals surface area contributed by atoms with E-state index in [1.165, 1.54) is 30.6 Å². The highest BCUT2D eigenvalue weighted by Gasteiger charge is 2.35. The first-order valence-electron chi connectivity index (χ1n) is 5.28. The summed E-state index contributed by atoms with van der Waals surface area (Å²) in [6.45, 7) is 3.40. The van der Waals surface area contributed by atoms with E-state index < -0.39 is 0 Å². The number of nitrogens with one attached hydrogen (secondary N) is 1. The molecule has 1 fully saturated rings. The zero-order valence-electron chi connectivity index (χ0n) is 8.48. The minimum atomic E-state index is 0.243. The lowest BCUT2D eigenvalue weighted by atomic mass is 9.90. The van der Waals surface area contributed by atoms with Crippen LogP contribution in [0.15, 0.2) is 12.1 Å². The molecule has 3 heteroatoms. The second kappa shape index (κ2) is 4.21. The molecule has 2 heterocycles. The number of rotatable bonds is 3. The Hall–Kier alpha value is -0.0500. The van der Waals surface area contributed by atoms with Crippen LogP contribution in [0.4, 0.5) is 0 Å². The van der Waals surface area contributed by atoms with Crippen LogP contribution in [0.3, 0.4) is 0 Å². The van der Waals surface area contributed by atoms with E-state index in [2.05, 4.69) is 18.3 Å². The molecule has 1 aromatic rings. The Morgan fingerprint density at radius 2 is 2.43 bits per heavy atom. The molecule has 14 heavy (non-hydrogen) atoms. The summed E-state index contributed by atoms with van der Waals surface area (Å²) < 4.78 is 0.907. The lowest BCUT2D eigenvalue weighted by molar-refractivity contribution is 0.363. The lowest BCUT2D eigenvalue weighted by Gasteiger charge is -2.28. The predicted molar refractivity (Wildman–Crippen MR) is 63.2 cm³/mol. The summed E-state index contributed by atoms with van der Waals surface area (Å²) in [5.74, 6) is 0. The molecule has 0 saturated carbocycles. The molecule has 0 bridgehead atoms. The topological polar surface area (TPSA) is 12.0 Å². The van der Waals surface area contributed by atoms with Crippen LogP contribution in [0.25, 0.3) is 0 Å². The third-order valence-corrected chi connectivity index (χ3v) is 4.40. The monoisotopic (exact) mass is 229 g/mol. The van der Waals surface area contributed by atoms with Crippen molar-refractivity contribution in [1.82, 2.24) is 5.32 Å². The number of hydrogen-bond acceptors (Lipinski definition) is 2. The summed E-state index contributed by atoms with van der Waals surface area (Å²) in [7, 11) is 0. The summed E-state index contributed by atoms with van der Waals surface area (Å²) in [4.78, 5) is 1.42. The van der Waals surface area contributed by atoms with E-state index >= 15 is 0 Å². The van der Waals surface area contributed by atoms with Gasteiger partial charge in [0.2, 0.25) is 0 Å². The molecule has 0 spiro atoms. The Morgan fingerprint density at radius 1 is 1.57 bits per heavy atom. The normalized spacial score (nSPS) is 27.0. The molecule has 0 aromatic carbocycles. The van der Waals surface area contributed by atoms with E-state index in [0.717, 1.165) is 10.9 Å². The number of thiophene rings is 1. The molecule has 1 aromatic heterocycles. The highest BCUT2D eigenvalue weighted by Crippen LogP contribution is 2.39. The first-order valence-corrected chi connectivity index (χ1v) is 6.47. The van der Waals surface area contributed by atoms with Gasteiger partial charge in [-0.05, 0) is 37.9 Å². The van der Waals surface area contributed by atoms with Crippen LogP contribution in [0.1, 0.15) is 37.5 Å². The van der Waals surface area contributed by atoms with Crippen molar-refractivity contribution in [2.24, 2.45) is 0 Å². The van der Waals surface area contributed by atoms with Gasteiger partial charge in [0, 0.05) is 4.88 Å². The molecule has 0 radical (unpaired) electrons. The molecule has 1 aliphatic rings. The zero-order chi connectivity index (χ0) is 10.0. The van der Waals surface area contributed by atoms with Gasteiger partial charge < -0.3 is 5.32 Å². The summed E-state index contributed by atoms with van der Waals surface area (Å²) in [5, 5.41) is 3.65. The van der Waals surface area contributed by atoms with E-state index in [-0.39, 0.29) is 5.54 Å². The molecule has 1 aliphatic heterocycles. The van der Waals surface area contributed by atoms with Gasteiger partial charge in [0.05, 0.1) is 9.88 Å². The van der Waals surface area contributed by atoms with Crippen LogP contribution in [-0.4, -0.2) is 6.54 Å². The Kier molecular flexibility index (Phi) is 3.15. The molecule has 0 aliphatic carbocycles. The maximum atomic E-state index is 5.99. The molecule has 1 unspecified atom stereocenters. The maximum absolute atomic E-state index is 5.99. The van der Waals surface area contributed by atoms with E-state index in [1.54, 1.807) is 11.3 Å². The average molecular weight is 230 g/mol. The smallest absolute Gasteiger partial charge is 0.0931 e. The zero-order valence-corrected chi connectivity index (χ0v) is 10.0. The van der Waals surface area contributed by atoms with Gasteiger partial charge in [-0.15, -0.1) is 11.3 Å². The molecule has 78 valence electrons. The fourth-order valence-corrected chi connectivity index (χ4v) is 3.62. The first kappa shape index (κ1) is 10.5. The van der Waals surface area contributed by atoms with Gasteiger partial charge in [0.25, 0.3) is 0 Å². The van der Waals surface area contributed by atoms with Gasteiger partial charge in [-0.3, -0.25) is 0 Å². The molecule has 1 N–H and O–H groups in total. The van der Waals surface area contributed by atoms with E-state index in [1.807, 2.05) is 6.07 Å². The fourth-order valence-electron chi connectivity index (χ4n) is 2.35. The molecule has 1 nitrogen and oxygen atoms in total. The molecule has 1 atom stereocenters. The Labute approximate surface area is 94.5 Å². The molecule has 0 amide bonds. The van der Waals surface area contributed by atoms with Gasteiger partial charge in [-0.2, -0.15) is 0 Å². The molecular formula is C11H16ClNS. The van der Waals surface area contributed by atoms with Crippen molar-refractivity contribution in [3.63, 3.8) is 0 Å². The first-order chi connectivity index (χ1) is 6.77. The Morgan fingerprint density at radius 3 is 2.93 bits per heavy atom. The van der Waals surface area contributed by atoms with Crippen LogP contribution in [-0.2, 0) is 5.54 Å². The molecule has 1 saturated heterocycles. The number of hydrogen-bond donors (Lipinski definition) is 1. The van der Waals surface area contributed by atoms with Crippen LogP contribution < -0.4 is 5.32 Å². The number of halogens is 1. The van der Waals surface area contributed by atoms with Gasteiger partial charge in [0.15, 0.2) is 0 Å². The van der Waals surface area contributed by atoms with Crippen molar-refractivity contribution in [2.45, 2.75) is 38.1 Å². The summed E-state index contributed by atoms with van der Waals surface area (Å²) in [5.41, 5.74) is 0.243. The predicted octanol–water partition coefficient (Wildman–Crippen LogP) is 3.78. The SMILES string of the molecule is CCCC1(c2ccc(Cl)s2)CCCN1. The highest BCUT2D eigenvalue weighted by molar-refractivity contribution is 7.16. The van der Waals surface area contributed by atoms with E-state index in [4.69, 9.17) is 11.6 Å². The second-order valence-electron chi connectivity index (χ2n) is 3.97. The van der Waals surface area contributed by atoms with Crippen LogP contribution in [0.2, 0.25) is 4.34 Å². The van der Waals surface area contributed by atoms with Gasteiger partial charge in [-0.1, -0.05) is 24.9 Å². The van der Waals surface area contributed by atoms with Crippen molar-refractivity contribution in [3.8, 4) is 0 Å². The van der Waals surface area contributed by atoms with Crippen molar-refractivity contribution in [1.29, 1.82) is 0 Å². The molecular weight excluding hydrogens is 214 g/mol. The van der Waals surface area contributed by atoms with Crippen molar-refractivity contribution < 1.29 is 0 Å². The average Bonchev–Trinajstić information content (AvgIpc) is 2.75. The van der Waals surface area contributed by atoms with Gasteiger partial charge >= 0.3 is 0 Å². The minimum absolute atomic E-state index is 0.243. The third-order valence-electron chi connectivity index (χ3n) is 2.97. The van der Waals surface area contributed by atoms with Gasteiger partial charge in [-0.25, -0.2) is 0 Å². The third kappa shape index (κ3) is 1.83. The minimum Gasteiger partial charge on any atom is -0.307 e. The van der Waals surface area contributed by atoms with Crippen molar-refractivity contribution in [3.05, 3.63) is 21.3 Å². The van der Waals surface area contributed by atoms with Crippen LogP contribution in [0, 0.1) is 0 Å². The van der Waals surface area contributed by atoms with Gasteiger partial charge in [0.1, 0.15) is 0 Å². The van der Waals surface area contributed by atoms with E-state index in [0.29, 0.717) is 0 Å². The van der Waals surface area contributed by atoms with Crippen LogP contribution >= 0.6 is 22.9 Å².